The minimum atomic E-state index is -1.70. The lowest BCUT2D eigenvalue weighted by Gasteiger charge is -2.51. The average Bonchev–Trinajstić information content (AvgIpc) is 2.89. The molecular weight excluding hydrogens is 406 g/mol. The lowest BCUT2D eigenvalue weighted by Crippen LogP contribution is -2.57. The molecule has 1 saturated heterocycles. The second-order valence-electron chi connectivity index (χ2n) is 8.38. The Morgan fingerprint density at radius 2 is 0.970 bits per heavy atom. The molecule has 33 heavy (non-hydrogen) atoms. The Bertz CT molecular complexity index is 1270. The molecule has 3 atom stereocenters. The van der Waals surface area contributed by atoms with Crippen molar-refractivity contribution in [3.05, 3.63) is 107 Å². The molecule has 0 bridgehead atoms. The lowest BCUT2D eigenvalue weighted by atomic mass is 9.51. The maximum Gasteiger partial charge on any atom is 0.172 e. The van der Waals surface area contributed by atoms with Gasteiger partial charge in [0.05, 0.1) is 42.3 Å². The van der Waals surface area contributed by atoms with Gasteiger partial charge in [-0.2, -0.15) is 21.0 Å². The fourth-order valence-corrected chi connectivity index (χ4v) is 4.98. The monoisotopic (exact) mass is 427 g/mol. The molecule has 0 saturated carbocycles. The van der Waals surface area contributed by atoms with Crippen molar-refractivity contribution in [1.82, 2.24) is 5.32 Å². The Labute approximate surface area is 193 Å². The summed E-state index contributed by atoms with van der Waals surface area (Å²) in [6.07, 6.45) is 0. The number of aryl methyl sites for hydroxylation is 1. The predicted molar refractivity (Wildman–Crippen MR) is 123 cm³/mol. The van der Waals surface area contributed by atoms with Crippen molar-refractivity contribution in [3.8, 4) is 24.3 Å². The lowest BCUT2D eigenvalue weighted by molar-refractivity contribution is 0.0997. The van der Waals surface area contributed by atoms with Crippen LogP contribution < -0.4 is 5.32 Å². The van der Waals surface area contributed by atoms with Gasteiger partial charge in [0.1, 0.15) is 0 Å². The van der Waals surface area contributed by atoms with E-state index in [1.165, 1.54) is 0 Å². The highest BCUT2D eigenvalue weighted by atomic mass is 15.0. The maximum atomic E-state index is 10.5. The maximum absolute atomic E-state index is 10.5. The zero-order valence-electron chi connectivity index (χ0n) is 18.1. The molecule has 3 aromatic carbocycles. The van der Waals surface area contributed by atoms with Gasteiger partial charge < -0.3 is 0 Å². The molecule has 1 heterocycles. The Balaban J connectivity index is 2.07. The molecule has 158 valence electrons. The summed E-state index contributed by atoms with van der Waals surface area (Å²) in [5.74, 6) is -0.978. The van der Waals surface area contributed by atoms with Crippen molar-refractivity contribution in [1.29, 1.82) is 21.0 Å². The summed E-state index contributed by atoms with van der Waals surface area (Å²) in [5, 5.41) is 45.4. The predicted octanol–water partition coefficient (Wildman–Crippen LogP) is 5.23. The first-order valence-electron chi connectivity index (χ1n) is 10.6. The van der Waals surface area contributed by atoms with E-state index in [1.54, 1.807) is 24.3 Å². The summed E-state index contributed by atoms with van der Waals surface area (Å²) >= 11 is 0. The van der Waals surface area contributed by atoms with Crippen LogP contribution in [0, 0.1) is 63.1 Å². The van der Waals surface area contributed by atoms with Crippen molar-refractivity contribution in [2.24, 2.45) is 10.8 Å². The first kappa shape index (κ1) is 21.8. The SMILES string of the molecule is Cc1ccc(C2NC(c3ccccc3)C(C#N)(C#N)C(c3ccccc3)C2(C#N)C#N)cc1. The topological polar surface area (TPSA) is 107 Å². The number of nitriles is 4. The van der Waals surface area contributed by atoms with Crippen molar-refractivity contribution in [2.75, 3.05) is 0 Å². The van der Waals surface area contributed by atoms with Crippen LogP contribution in [0.1, 0.15) is 40.3 Å². The van der Waals surface area contributed by atoms with Crippen molar-refractivity contribution in [2.45, 2.75) is 24.9 Å². The fraction of sp³-hybridized carbons (Fsp3) is 0.214. The van der Waals surface area contributed by atoms with Crippen LogP contribution in [0.5, 0.6) is 0 Å². The van der Waals surface area contributed by atoms with Crippen molar-refractivity contribution in [3.63, 3.8) is 0 Å². The zero-order chi connectivity index (χ0) is 23.5. The van der Waals surface area contributed by atoms with Crippen molar-refractivity contribution < 1.29 is 0 Å². The van der Waals surface area contributed by atoms with Gasteiger partial charge in [-0.1, -0.05) is 90.5 Å². The zero-order valence-corrected chi connectivity index (χ0v) is 18.1. The smallest absolute Gasteiger partial charge is 0.172 e. The van der Waals surface area contributed by atoms with Gasteiger partial charge in [0.15, 0.2) is 10.8 Å². The number of piperidine rings is 1. The van der Waals surface area contributed by atoms with E-state index < -0.39 is 28.8 Å². The molecule has 0 spiro atoms. The second kappa shape index (κ2) is 8.61. The number of nitrogens with one attached hydrogen (secondary N) is 1. The standard InChI is InChI=1S/C28H21N5/c1-20-12-14-23(15-13-20)26-28(18-31,19-32)24(21-8-4-2-5-9-21)27(16-29,17-30)25(33-26)22-10-6-3-7-11-22/h2-15,24-26,33H,1H3. The minimum Gasteiger partial charge on any atom is -0.298 e. The first-order valence-corrected chi connectivity index (χ1v) is 10.6. The highest BCUT2D eigenvalue weighted by Crippen LogP contribution is 2.61. The van der Waals surface area contributed by atoms with Crippen LogP contribution in [0.15, 0.2) is 84.9 Å². The molecule has 5 heteroatoms. The number of nitrogens with zero attached hydrogens (tertiary/aromatic N) is 4. The third kappa shape index (κ3) is 3.33. The van der Waals surface area contributed by atoms with Gasteiger partial charge in [-0.25, -0.2) is 0 Å². The second-order valence-corrected chi connectivity index (χ2v) is 8.38. The molecule has 0 aliphatic carbocycles. The number of hydrogen-bond donors (Lipinski definition) is 1. The van der Waals surface area contributed by atoms with E-state index in [2.05, 4.69) is 29.6 Å². The highest BCUT2D eigenvalue weighted by molar-refractivity contribution is 5.49. The van der Waals surface area contributed by atoms with E-state index >= 15 is 0 Å². The van der Waals surface area contributed by atoms with Crippen molar-refractivity contribution >= 4 is 0 Å². The van der Waals surface area contributed by atoms with Gasteiger partial charge in [-0.3, -0.25) is 5.32 Å². The van der Waals surface area contributed by atoms with E-state index in [-0.39, 0.29) is 0 Å². The highest BCUT2D eigenvalue weighted by Gasteiger charge is 2.65. The average molecular weight is 428 g/mol. The summed E-state index contributed by atoms with van der Waals surface area (Å²) in [6, 6.07) is 33.5. The van der Waals surface area contributed by atoms with Gasteiger partial charge in [-0.05, 0) is 23.6 Å². The summed E-state index contributed by atoms with van der Waals surface area (Å²) < 4.78 is 0. The van der Waals surface area contributed by atoms with Gasteiger partial charge in [0.2, 0.25) is 0 Å². The van der Waals surface area contributed by atoms with Crippen LogP contribution in [0.4, 0.5) is 0 Å². The number of hydrogen-bond acceptors (Lipinski definition) is 5. The molecule has 3 unspecified atom stereocenters. The van der Waals surface area contributed by atoms with Crippen LogP contribution in [-0.4, -0.2) is 0 Å². The molecule has 4 rings (SSSR count). The molecule has 5 nitrogen and oxygen atoms in total. The third-order valence-electron chi connectivity index (χ3n) is 6.57. The molecular formula is C28H21N5. The summed E-state index contributed by atoms with van der Waals surface area (Å²) in [7, 11) is 0. The largest absolute Gasteiger partial charge is 0.298 e. The normalized spacial score (nSPS) is 22.6. The van der Waals surface area contributed by atoms with Gasteiger partial charge in [0.25, 0.3) is 0 Å². The van der Waals surface area contributed by atoms with Crippen LogP contribution in [0.2, 0.25) is 0 Å². The third-order valence-corrected chi connectivity index (χ3v) is 6.57. The van der Waals surface area contributed by atoms with E-state index in [4.69, 9.17) is 0 Å². The molecule has 0 amide bonds. The summed E-state index contributed by atoms with van der Waals surface area (Å²) in [4.78, 5) is 0. The van der Waals surface area contributed by atoms with Crippen LogP contribution in [0.25, 0.3) is 0 Å². The van der Waals surface area contributed by atoms with Crippen LogP contribution in [-0.2, 0) is 0 Å². The summed E-state index contributed by atoms with van der Waals surface area (Å²) in [6.45, 7) is 1.97. The van der Waals surface area contributed by atoms with E-state index in [9.17, 15) is 21.0 Å². The Hall–Kier alpha value is -4.42. The molecule has 1 fully saturated rings. The molecule has 3 aromatic rings. The quantitative estimate of drug-likeness (QED) is 0.616. The molecule has 0 aromatic heterocycles. The minimum absolute atomic E-state index is 0.614. The van der Waals surface area contributed by atoms with E-state index in [0.717, 1.165) is 16.7 Å². The van der Waals surface area contributed by atoms with Crippen LogP contribution >= 0.6 is 0 Å². The molecule has 1 aliphatic heterocycles. The number of benzene rings is 3. The van der Waals surface area contributed by atoms with Gasteiger partial charge in [-0.15, -0.1) is 0 Å². The van der Waals surface area contributed by atoms with E-state index in [1.807, 2.05) is 67.6 Å². The Morgan fingerprint density at radius 1 is 0.576 bits per heavy atom. The van der Waals surface area contributed by atoms with Crippen LogP contribution in [0.3, 0.4) is 0 Å². The fourth-order valence-electron chi connectivity index (χ4n) is 4.98. The first-order chi connectivity index (χ1) is 16.1. The summed E-state index contributed by atoms with van der Waals surface area (Å²) in [5.41, 5.74) is -0.221. The molecule has 0 radical (unpaired) electrons. The van der Waals surface area contributed by atoms with Gasteiger partial charge >= 0.3 is 0 Å². The molecule has 1 N–H and O–H groups in total. The van der Waals surface area contributed by atoms with E-state index in [0.29, 0.717) is 5.56 Å². The Morgan fingerprint density at radius 3 is 1.39 bits per heavy atom. The Kier molecular flexibility index (Phi) is 5.69. The molecule has 1 aliphatic rings. The number of rotatable bonds is 3. The van der Waals surface area contributed by atoms with Gasteiger partial charge in [0, 0.05) is 0 Å².